The first-order chi connectivity index (χ1) is 17.8. The van der Waals surface area contributed by atoms with Crippen molar-refractivity contribution in [3.63, 3.8) is 0 Å². The molecule has 0 saturated carbocycles. The number of esters is 1. The van der Waals surface area contributed by atoms with Gasteiger partial charge in [0.2, 0.25) is 23.6 Å². The first kappa shape index (κ1) is 33.2. The van der Waals surface area contributed by atoms with E-state index in [0.29, 0.717) is 6.42 Å². The lowest BCUT2D eigenvalue weighted by molar-refractivity contribution is -0.266. The number of carbonyl (C=O) groups excluding carboxylic acids is 5. The van der Waals surface area contributed by atoms with Crippen LogP contribution in [0.1, 0.15) is 53.4 Å². The van der Waals surface area contributed by atoms with Gasteiger partial charge >= 0.3 is 5.97 Å². The molecule has 4 amide bonds. The highest BCUT2D eigenvalue weighted by atomic mass is 16.6. The van der Waals surface area contributed by atoms with Crippen LogP contribution >= 0.6 is 0 Å². The van der Waals surface area contributed by atoms with Gasteiger partial charge in [0, 0.05) is 13.3 Å². The highest BCUT2D eigenvalue weighted by Gasteiger charge is 2.47. The minimum Gasteiger partial charge on any atom is -0.464 e. The molecule has 38 heavy (non-hydrogen) atoms. The summed E-state index contributed by atoms with van der Waals surface area (Å²) < 4.78 is 15.8. The molecular formula is C23H40N4O11. The van der Waals surface area contributed by atoms with E-state index in [0.717, 1.165) is 6.42 Å². The zero-order valence-electron chi connectivity index (χ0n) is 22.0. The largest absolute Gasteiger partial charge is 0.464 e. The van der Waals surface area contributed by atoms with Gasteiger partial charge in [0.15, 0.2) is 6.29 Å². The summed E-state index contributed by atoms with van der Waals surface area (Å²) in [5.74, 6) is -3.51. The molecule has 15 nitrogen and oxygen atoms in total. The summed E-state index contributed by atoms with van der Waals surface area (Å²) in [7, 11) is 0. The van der Waals surface area contributed by atoms with Gasteiger partial charge in [-0.3, -0.25) is 19.2 Å². The number of nitrogens with two attached hydrogens (primary N) is 1. The third kappa shape index (κ3) is 10.5. The van der Waals surface area contributed by atoms with Crippen molar-refractivity contribution < 1.29 is 53.5 Å². The molecule has 0 aromatic rings. The van der Waals surface area contributed by atoms with Crippen molar-refractivity contribution in [2.75, 3.05) is 13.2 Å². The van der Waals surface area contributed by atoms with E-state index in [9.17, 15) is 39.3 Å². The van der Waals surface area contributed by atoms with Crippen LogP contribution in [0.4, 0.5) is 0 Å². The molecule has 1 aliphatic rings. The molecule has 8 atom stereocenters. The summed E-state index contributed by atoms with van der Waals surface area (Å²) in [5, 5.41) is 37.3. The second-order valence-electron chi connectivity index (χ2n) is 9.02. The fourth-order valence-corrected chi connectivity index (χ4v) is 3.58. The Balaban J connectivity index is 2.83. The molecule has 5 unspecified atom stereocenters. The van der Waals surface area contributed by atoms with E-state index >= 15 is 0 Å². The molecule has 1 heterocycles. The maximum absolute atomic E-state index is 12.7. The number of amides is 4. The molecule has 1 fully saturated rings. The Hall–Kier alpha value is -2.85. The van der Waals surface area contributed by atoms with E-state index in [4.69, 9.17) is 19.9 Å². The molecular weight excluding hydrogens is 508 g/mol. The average molecular weight is 549 g/mol. The number of aliphatic hydroxyl groups is 3. The van der Waals surface area contributed by atoms with Gasteiger partial charge in [-0.25, -0.2) is 4.79 Å². The Labute approximate surface area is 220 Å². The minimum absolute atomic E-state index is 0.0905. The fraction of sp³-hybridized carbons (Fsp3) is 0.783. The van der Waals surface area contributed by atoms with Gasteiger partial charge < -0.3 is 51.2 Å². The lowest BCUT2D eigenvalue weighted by Gasteiger charge is -2.43. The molecule has 218 valence electrons. The number of nitrogens with one attached hydrogen (secondary N) is 3. The number of hydrogen-bond acceptors (Lipinski definition) is 11. The predicted molar refractivity (Wildman–Crippen MR) is 130 cm³/mol. The van der Waals surface area contributed by atoms with Gasteiger partial charge in [-0.2, -0.15) is 0 Å². The van der Waals surface area contributed by atoms with Gasteiger partial charge in [-0.1, -0.05) is 13.3 Å². The second kappa shape index (κ2) is 16.2. The van der Waals surface area contributed by atoms with E-state index in [1.54, 1.807) is 0 Å². The Kier molecular flexibility index (Phi) is 14.1. The molecule has 0 aromatic carbocycles. The number of primary amides is 1. The van der Waals surface area contributed by atoms with Gasteiger partial charge in [-0.05, 0) is 26.7 Å². The highest BCUT2D eigenvalue weighted by Crippen LogP contribution is 2.23. The summed E-state index contributed by atoms with van der Waals surface area (Å²) in [5.41, 5.74) is 5.15. The Morgan fingerprint density at radius 3 is 2.29 bits per heavy atom. The number of rotatable bonds is 15. The monoisotopic (exact) mass is 548 g/mol. The van der Waals surface area contributed by atoms with Gasteiger partial charge in [0.1, 0.15) is 42.5 Å². The van der Waals surface area contributed by atoms with Crippen LogP contribution in [-0.2, 0) is 38.2 Å². The van der Waals surface area contributed by atoms with Crippen LogP contribution in [0.3, 0.4) is 0 Å². The third-order valence-corrected chi connectivity index (χ3v) is 5.75. The van der Waals surface area contributed by atoms with Crippen LogP contribution in [0, 0.1) is 0 Å². The highest BCUT2D eigenvalue weighted by molar-refractivity contribution is 5.91. The molecule has 1 rings (SSSR count). The summed E-state index contributed by atoms with van der Waals surface area (Å²) in [6.45, 7) is 5.21. The third-order valence-electron chi connectivity index (χ3n) is 5.75. The number of unbranched alkanes of at least 4 members (excludes halogenated alkanes) is 1. The second-order valence-corrected chi connectivity index (χ2v) is 9.02. The molecule has 0 aromatic heterocycles. The quantitative estimate of drug-likeness (QED) is 0.0801. The molecule has 8 N–H and O–H groups in total. The van der Waals surface area contributed by atoms with Gasteiger partial charge in [0.25, 0.3) is 0 Å². The van der Waals surface area contributed by atoms with Crippen LogP contribution in [-0.4, -0.2) is 107 Å². The lowest BCUT2D eigenvalue weighted by Crippen LogP contribution is -2.65. The number of ether oxygens (including phenoxy) is 3. The normalized spacial score (nSPS) is 25.4. The predicted octanol–water partition coefficient (Wildman–Crippen LogP) is -3.07. The van der Waals surface area contributed by atoms with Crippen molar-refractivity contribution in [1.82, 2.24) is 16.0 Å². The Morgan fingerprint density at radius 1 is 1.08 bits per heavy atom. The maximum Gasteiger partial charge on any atom is 0.328 e. The van der Waals surface area contributed by atoms with E-state index < -0.39 is 85.0 Å². The zero-order valence-corrected chi connectivity index (χ0v) is 22.0. The Morgan fingerprint density at radius 2 is 1.74 bits per heavy atom. The van der Waals surface area contributed by atoms with E-state index in [1.807, 2.05) is 6.92 Å². The summed E-state index contributed by atoms with van der Waals surface area (Å²) in [6.07, 6.45) is -5.90. The summed E-state index contributed by atoms with van der Waals surface area (Å²) >= 11 is 0. The topological polar surface area (TPSA) is 236 Å². The molecule has 15 heteroatoms. The molecule has 0 bridgehead atoms. The van der Waals surface area contributed by atoms with Crippen molar-refractivity contribution in [3.05, 3.63) is 0 Å². The molecule has 0 radical (unpaired) electrons. The fourth-order valence-electron chi connectivity index (χ4n) is 3.58. The van der Waals surface area contributed by atoms with Crippen molar-refractivity contribution in [2.45, 2.75) is 102 Å². The zero-order chi connectivity index (χ0) is 29.0. The van der Waals surface area contributed by atoms with Crippen molar-refractivity contribution in [2.24, 2.45) is 5.73 Å². The van der Waals surface area contributed by atoms with Crippen molar-refractivity contribution >= 4 is 29.6 Å². The van der Waals surface area contributed by atoms with Crippen LogP contribution < -0.4 is 21.7 Å². The first-order valence-corrected chi connectivity index (χ1v) is 12.4. The molecule has 1 aliphatic heterocycles. The maximum atomic E-state index is 12.7. The van der Waals surface area contributed by atoms with Crippen LogP contribution in [0.5, 0.6) is 0 Å². The molecule has 0 spiro atoms. The van der Waals surface area contributed by atoms with E-state index in [1.165, 1.54) is 20.8 Å². The van der Waals surface area contributed by atoms with Crippen LogP contribution in [0.2, 0.25) is 0 Å². The van der Waals surface area contributed by atoms with E-state index in [-0.39, 0.29) is 19.4 Å². The van der Waals surface area contributed by atoms with Crippen LogP contribution in [0.15, 0.2) is 0 Å². The number of carbonyl (C=O) groups is 5. The SMILES string of the molecule is CCCCOC(=O)[C@@H](CCC(N)=O)NC(=O)[C@@H](C)NC(=O)[C@H](C)OC1C(O)C(CO)OC(O)C1NC(C)=O. The summed E-state index contributed by atoms with van der Waals surface area (Å²) in [6, 6.07) is -3.58. The van der Waals surface area contributed by atoms with E-state index in [2.05, 4.69) is 16.0 Å². The van der Waals surface area contributed by atoms with Gasteiger partial charge in [0.05, 0.1) is 13.2 Å². The first-order valence-electron chi connectivity index (χ1n) is 12.4. The van der Waals surface area contributed by atoms with Gasteiger partial charge in [-0.15, -0.1) is 0 Å². The smallest absolute Gasteiger partial charge is 0.328 e. The Bertz CT molecular complexity index is 827. The van der Waals surface area contributed by atoms with Crippen molar-refractivity contribution in [1.29, 1.82) is 0 Å². The van der Waals surface area contributed by atoms with Crippen LogP contribution in [0.25, 0.3) is 0 Å². The van der Waals surface area contributed by atoms with Crippen molar-refractivity contribution in [3.8, 4) is 0 Å². The minimum atomic E-state index is -1.64. The molecule has 1 saturated heterocycles. The number of hydrogen-bond donors (Lipinski definition) is 7. The lowest BCUT2D eigenvalue weighted by atomic mass is 9.96. The number of aliphatic hydroxyl groups excluding tert-OH is 3. The average Bonchev–Trinajstić information content (AvgIpc) is 2.85. The standard InChI is InChI=1S/C23H40N4O11/c1-5-6-9-36-22(34)14(7-8-16(24)30)27-20(32)11(2)25-21(33)12(3)37-19-17(26-13(4)29)23(35)38-15(10-28)18(19)31/h11-12,14-15,17-19,23,28,31,35H,5-10H2,1-4H3,(H2,24,30)(H,25,33)(H,26,29)(H,27,32)/t11-,12+,14-,15?,17?,18?,19?,23?/m1/s1. The molecule has 0 aliphatic carbocycles. The summed E-state index contributed by atoms with van der Waals surface area (Å²) in [4.78, 5) is 60.5.